The predicted molar refractivity (Wildman–Crippen MR) is 117 cm³/mol. The number of nitrogens with one attached hydrogen (secondary N) is 1. The molecule has 0 unspecified atom stereocenters. The first-order valence-corrected chi connectivity index (χ1v) is 8.83. The van der Waals surface area contributed by atoms with E-state index < -0.39 is 0 Å². The highest BCUT2D eigenvalue weighted by molar-refractivity contribution is 14.0. The largest absolute Gasteiger partial charge is 0.857 e. The summed E-state index contributed by atoms with van der Waals surface area (Å²) in [6.07, 6.45) is 0. The van der Waals surface area contributed by atoms with E-state index in [2.05, 4.69) is 22.6 Å². The van der Waals surface area contributed by atoms with Gasteiger partial charge in [0.15, 0.2) is 0 Å². The van der Waals surface area contributed by atoms with E-state index >= 15 is 0 Å². The third-order valence-electron chi connectivity index (χ3n) is 4.95. The molecule has 0 saturated carbocycles. The van der Waals surface area contributed by atoms with E-state index in [1.54, 1.807) is 0 Å². The summed E-state index contributed by atoms with van der Waals surface area (Å²) in [6.45, 7) is 3.43. The van der Waals surface area contributed by atoms with Crippen LogP contribution in [0.2, 0.25) is 0 Å². The molecule has 27 heavy (non-hydrogen) atoms. The third-order valence-corrected chi connectivity index (χ3v) is 4.95. The SMILES string of the molecule is C[N+]1(CC([O-])=NNc2c3ccccc3nc3ccccc23)CCOCC1.I. The molecule has 4 rings (SSSR count). The summed E-state index contributed by atoms with van der Waals surface area (Å²) in [5, 5.41) is 18.5. The minimum atomic E-state index is -0.153. The molecule has 0 bridgehead atoms. The topological polar surface area (TPSA) is 69.6 Å². The van der Waals surface area contributed by atoms with Gasteiger partial charge in [0.2, 0.25) is 0 Å². The number of aromatic nitrogens is 1. The highest BCUT2D eigenvalue weighted by Gasteiger charge is 2.24. The van der Waals surface area contributed by atoms with Crippen LogP contribution in [-0.2, 0) is 4.74 Å². The number of benzene rings is 2. The van der Waals surface area contributed by atoms with Crippen LogP contribution in [0.25, 0.3) is 21.8 Å². The van der Waals surface area contributed by atoms with Gasteiger partial charge >= 0.3 is 0 Å². The second-order valence-electron chi connectivity index (χ2n) is 6.98. The Kier molecular flexibility index (Phi) is 6.13. The molecule has 1 aliphatic heterocycles. The number of anilines is 1. The number of hydrogen-bond donors (Lipinski definition) is 1. The smallest absolute Gasteiger partial charge is 0.109 e. The highest BCUT2D eigenvalue weighted by Crippen LogP contribution is 2.30. The molecule has 3 aromatic rings. The monoisotopic (exact) mass is 478 g/mol. The predicted octanol–water partition coefficient (Wildman–Crippen LogP) is 2.57. The lowest BCUT2D eigenvalue weighted by Crippen LogP contribution is -2.56. The molecule has 0 spiro atoms. The number of morpholine rings is 1. The molecule has 7 heteroatoms. The van der Waals surface area contributed by atoms with Crippen LogP contribution < -0.4 is 10.5 Å². The van der Waals surface area contributed by atoms with Crippen molar-refractivity contribution < 1.29 is 14.3 Å². The number of pyridine rings is 1. The molecule has 1 saturated heterocycles. The van der Waals surface area contributed by atoms with Gasteiger partial charge in [-0.05, 0) is 12.1 Å². The molecular weight excluding hydrogens is 455 g/mol. The second-order valence-corrected chi connectivity index (χ2v) is 6.98. The Hall–Kier alpha value is -1.97. The first-order chi connectivity index (χ1) is 12.6. The summed E-state index contributed by atoms with van der Waals surface area (Å²) in [5.74, 6) is -0.153. The number of rotatable bonds is 4. The molecule has 6 nitrogen and oxygen atoms in total. The molecule has 0 aliphatic carbocycles. The fourth-order valence-corrected chi connectivity index (χ4v) is 3.38. The van der Waals surface area contributed by atoms with Crippen LogP contribution in [0.15, 0.2) is 53.6 Å². The Labute approximate surface area is 175 Å². The van der Waals surface area contributed by atoms with Crippen LogP contribution in [0, 0.1) is 0 Å². The Morgan fingerprint density at radius 1 is 1.07 bits per heavy atom. The molecular formula is C20H23IN4O2. The molecule has 0 atom stereocenters. The zero-order chi connectivity index (χ0) is 18.0. The van der Waals surface area contributed by atoms with Crippen molar-refractivity contribution >= 4 is 57.4 Å². The van der Waals surface area contributed by atoms with Crippen molar-refractivity contribution in [2.75, 3.05) is 45.3 Å². The number of ether oxygens (including phenoxy) is 1. The molecule has 0 radical (unpaired) electrons. The van der Waals surface area contributed by atoms with Gasteiger partial charge in [0.25, 0.3) is 0 Å². The summed E-state index contributed by atoms with van der Waals surface area (Å²) >= 11 is 0. The van der Waals surface area contributed by atoms with Crippen LogP contribution in [-0.4, -0.2) is 55.3 Å². The minimum absolute atomic E-state index is 0. The average molecular weight is 478 g/mol. The van der Waals surface area contributed by atoms with E-state index in [0.29, 0.717) is 24.2 Å². The lowest BCUT2D eigenvalue weighted by Gasteiger charge is -2.38. The van der Waals surface area contributed by atoms with Crippen molar-refractivity contribution in [1.29, 1.82) is 0 Å². The fourth-order valence-electron chi connectivity index (χ4n) is 3.38. The van der Waals surface area contributed by atoms with Crippen LogP contribution in [0.5, 0.6) is 0 Å². The fraction of sp³-hybridized carbons (Fsp3) is 0.300. The van der Waals surface area contributed by atoms with Crippen molar-refractivity contribution in [1.82, 2.24) is 4.98 Å². The number of halogens is 1. The Balaban J connectivity index is 0.00000210. The maximum absolute atomic E-state index is 12.5. The molecule has 1 aromatic heterocycles. The van der Waals surface area contributed by atoms with Crippen molar-refractivity contribution in [2.24, 2.45) is 5.10 Å². The number of likely N-dealkylation sites (N-methyl/N-ethyl adjacent to an activating group) is 1. The van der Waals surface area contributed by atoms with Gasteiger partial charge in [-0.2, -0.15) is 5.10 Å². The number of para-hydroxylation sites is 2. The molecule has 2 heterocycles. The van der Waals surface area contributed by atoms with Crippen molar-refractivity contribution in [3.05, 3.63) is 48.5 Å². The van der Waals surface area contributed by atoms with Crippen LogP contribution in [0.1, 0.15) is 0 Å². The van der Waals surface area contributed by atoms with E-state index in [1.807, 2.05) is 48.5 Å². The van der Waals surface area contributed by atoms with Crippen molar-refractivity contribution in [3.63, 3.8) is 0 Å². The molecule has 2 aromatic carbocycles. The zero-order valence-corrected chi connectivity index (χ0v) is 17.6. The van der Waals surface area contributed by atoms with E-state index in [9.17, 15) is 5.11 Å². The van der Waals surface area contributed by atoms with E-state index in [-0.39, 0.29) is 29.9 Å². The minimum Gasteiger partial charge on any atom is -0.857 e. The molecule has 0 amide bonds. The van der Waals surface area contributed by atoms with Gasteiger partial charge < -0.3 is 14.3 Å². The lowest BCUT2D eigenvalue weighted by molar-refractivity contribution is -0.910. The summed E-state index contributed by atoms with van der Waals surface area (Å²) < 4.78 is 6.06. The molecule has 1 aliphatic rings. The first-order valence-electron chi connectivity index (χ1n) is 8.83. The van der Waals surface area contributed by atoms with Crippen LogP contribution in [0.3, 0.4) is 0 Å². The van der Waals surface area contributed by atoms with Gasteiger partial charge in [-0.25, -0.2) is 4.98 Å². The summed E-state index contributed by atoms with van der Waals surface area (Å²) in [7, 11) is 2.08. The quantitative estimate of drug-likeness (QED) is 0.156. The number of hydrogen-bond acceptors (Lipinski definition) is 5. The van der Waals surface area contributed by atoms with Crippen molar-refractivity contribution in [2.45, 2.75) is 0 Å². The Bertz CT molecular complexity index is 917. The molecule has 1 N–H and O–H groups in total. The van der Waals surface area contributed by atoms with Crippen LogP contribution in [0.4, 0.5) is 5.69 Å². The average Bonchev–Trinajstić information content (AvgIpc) is 2.65. The normalized spacial score (nSPS) is 16.9. The Morgan fingerprint density at radius 2 is 1.63 bits per heavy atom. The third kappa shape index (κ3) is 4.31. The second kappa shape index (κ2) is 8.37. The summed E-state index contributed by atoms with van der Waals surface area (Å²) in [6, 6.07) is 15.8. The van der Waals surface area contributed by atoms with Gasteiger partial charge in [-0.15, -0.1) is 24.0 Å². The zero-order valence-electron chi connectivity index (χ0n) is 15.2. The van der Waals surface area contributed by atoms with Gasteiger partial charge in [0.05, 0.1) is 37.0 Å². The lowest BCUT2D eigenvalue weighted by atomic mass is 10.1. The standard InChI is InChI=1S/C20H22N4O2.HI/c1-24(10-12-26-13-11-24)14-19(25)22-23-20-15-6-2-4-8-17(15)21-18-9-5-3-7-16(18)20;/h2-9H,10-14H2,1H3,(H-,21,22,23,25);1H. The number of hydrazone groups is 1. The first kappa shape index (κ1) is 19.8. The van der Waals surface area contributed by atoms with Gasteiger partial charge in [-0.1, -0.05) is 36.4 Å². The van der Waals surface area contributed by atoms with E-state index in [0.717, 1.165) is 40.6 Å². The summed E-state index contributed by atoms with van der Waals surface area (Å²) in [4.78, 5) is 4.69. The van der Waals surface area contributed by atoms with Gasteiger partial charge in [0, 0.05) is 16.7 Å². The number of quaternary nitrogens is 1. The van der Waals surface area contributed by atoms with Crippen LogP contribution >= 0.6 is 24.0 Å². The van der Waals surface area contributed by atoms with Gasteiger partial charge in [0.1, 0.15) is 19.6 Å². The van der Waals surface area contributed by atoms with E-state index in [4.69, 9.17) is 4.74 Å². The number of nitrogens with zero attached hydrogens (tertiary/aromatic N) is 3. The maximum Gasteiger partial charge on any atom is 0.109 e. The maximum atomic E-state index is 12.5. The Morgan fingerprint density at radius 3 is 2.22 bits per heavy atom. The van der Waals surface area contributed by atoms with Gasteiger partial charge in [-0.3, -0.25) is 5.43 Å². The highest BCUT2D eigenvalue weighted by atomic mass is 127. The summed E-state index contributed by atoms with van der Waals surface area (Å²) in [5.41, 5.74) is 5.61. The van der Waals surface area contributed by atoms with Crippen molar-refractivity contribution in [3.8, 4) is 0 Å². The molecule has 142 valence electrons. The number of fused-ring (bicyclic) bond motifs is 2. The van der Waals surface area contributed by atoms with E-state index in [1.165, 1.54) is 0 Å². The molecule has 1 fully saturated rings.